The van der Waals surface area contributed by atoms with Crippen LogP contribution in [0.5, 0.6) is 11.5 Å². The number of nitriles is 2. The maximum atomic E-state index is 12.3. The fourth-order valence-electron chi connectivity index (χ4n) is 5.85. The van der Waals surface area contributed by atoms with E-state index >= 15 is 0 Å². The van der Waals surface area contributed by atoms with Gasteiger partial charge in [0.2, 0.25) is 0 Å². The number of carbonyl (C=O) groups is 1. The van der Waals surface area contributed by atoms with Crippen LogP contribution in [0.4, 0.5) is 4.79 Å². The number of fused-ring (bicyclic) bond motifs is 1. The number of halogens is 1. The van der Waals surface area contributed by atoms with Crippen LogP contribution in [0.15, 0.2) is 82.6 Å². The molecule has 268 valence electrons. The van der Waals surface area contributed by atoms with Gasteiger partial charge in [-0.15, -0.1) is 22.7 Å². The van der Waals surface area contributed by atoms with E-state index in [0.29, 0.717) is 22.6 Å². The first-order valence-electron chi connectivity index (χ1n) is 17.1. The zero-order chi connectivity index (χ0) is 37.6. The highest BCUT2D eigenvalue weighted by Gasteiger charge is 2.28. The number of hydrogen-bond donors (Lipinski definition) is 1. The lowest BCUT2D eigenvalue weighted by molar-refractivity contribution is 0.0503. The molecule has 0 spiro atoms. The third kappa shape index (κ3) is 9.83. The van der Waals surface area contributed by atoms with E-state index in [-0.39, 0.29) is 24.3 Å². The highest BCUT2D eigenvalue weighted by Crippen LogP contribution is 2.42. The van der Waals surface area contributed by atoms with Gasteiger partial charge in [-0.2, -0.15) is 10.5 Å². The van der Waals surface area contributed by atoms with E-state index in [1.807, 2.05) is 97.0 Å². The zero-order valence-electron chi connectivity index (χ0n) is 30.4. The predicted octanol–water partition coefficient (Wildman–Crippen LogP) is 12.1. The van der Waals surface area contributed by atoms with Crippen LogP contribution < -0.4 is 14.8 Å². The van der Waals surface area contributed by atoms with Gasteiger partial charge in [-0.3, -0.25) is 0 Å². The number of benzene rings is 3. The minimum absolute atomic E-state index is 0.0140. The Labute approximate surface area is 322 Å². The SMILES string of the molecule is CC(C)Oc1ccc(-c2ccc(-c3cccc4c3CC[C@H]4NC(=O)OC(C)(C)C)s2)cc1C#N.CC(C)Oc1ccc(-c2ccc(Br)s2)cc1C#N. The molecule has 0 saturated carbocycles. The summed E-state index contributed by atoms with van der Waals surface area (Å²) in [6.45, 7) is 13.4. The first-order valence-corrected chi connectivity index (χ1v) is 19.6. The predicted molar refractivity (Wildman–Crippen MR) is 214 cm³/mol. The molecule has 0 bridgehead atoms. The number of carbonyl (C=O) groups excluding carboxylic acids is 1. The van der Waals surface area contributed by atoms with Crippen LogP contribution in [0.1, 0.15) is 83.2 Å². The Bertz CT molecular complexity index is 2130. The average Bonchev–Trinajstić information content (AvgIpc) is 3.85. The molecule has 1 N–H and O–H groups in total. The number of amides is 1. The van der Waals surface area contributed by atoms with Gasteiger partial charge in [0.05, 0.1) is 33.2 Å². The fourth-order valence-corrected chi connectivity index (χ4v) is 8.28. The van der Waals surface area contributed by atoms with Gasteiger partial charge in [0.25, 0.3) is 0 Å². The zero-order valence-corrected chi connectivity index (χ0v) is 33.6. The van der Waals surface area contributed by atoms with E-state index in [4.69, 9.17) is 14.2 Å². The summed E-state index contributed by atoms with van der Waals surface area (Å²) >= 11 is 6.79. The van der Waals surface area contributed by atoms with Crippen molar-refractivity contribution in [1.29, 1.82) is 10.5 Å². The number of nitrogens with zero attached hydrogens (tertiary/aromatic N) is 2. The molecule has 5 aromatic rings. The van der Waals surface area contributed by atoms with Gasteiger partial charge >= 0.3 is 6.09 Å². The minimum Gasteiger partial charge on any atom is -0.490 e. The molecule has 0 saturated heterocycles. The number of rotatable bonds is 8. The number of ether oxygens (including phenoxy) is 3. The summed E-state index contributed by atoms with van der Waals surface area (Å²) in [6, 6.07) is 30.4. The van der Waals surface area contributed by atoms with Gasteiger partial charge in [0, 0.05) is 14.6 Å². The van der Waals surface area contributed by atoms with Crippen LogP contribution >= 0.6 is 38.6 Å². The smallest absolute Gasteiger partial charge is 0.408 e. The van der Waals surface area contributed by atoms with Gasteiger partial charge in [0.1, 0.15) is 29.2 Å². The molecule has 6 rings (SSSR count). The second-order valence-electron chi connectivity index (χ2n) is 13.9. The Morgan fingerprint density at radius 1 is 0.808 bits per heavy atom. The van der Waals surface area contributed by atoms with Gasteiger partial charge in [-0.25, -0.2) is 4.79 Å². The van der Waals surface area contributed by atoms with Crippen LogP contribution in [-0.4, -0.2) is 23.9 Å². The highest BCUT2D eigenvalue weighted by molar-refractivity contribution is 9.11. The summed E-state index contributed by atoms with van der Waals surface area (Å²) in [5, 5.41) is 21.8. The number of alkyl carbamates (subject to hydrolysis) is 1. The number of nitrogens with one attached hydrogen (secondary N) is 1. The number of thiophene rings is 2. The van der Waals surface area contributed by atoms with E-state index in [0.717, 1.165) is 43.1 Å². The molecule has 10 heteroatoms. The van der Waals surface area contributed by atoms with Crippen molar-refractivity contribution in [3.05, 3.63) is 105 Å². The molecule has 1 aliphatic carbocycles. The average molecular weight is 797 g/mol. The van der Waals surface area contributed by atoms with Gasteiger partial charge in [-0.1, -0.05) is 18.2 Å². The maximum Gasteiger partial charge on any atom is 0.408 e. The highest BCUT2D eigenvalue weighted by atomic mass is 79.9. The molecule has 0 unspecified atom stereocenters. The Hall–Kier alpha value is -4.61. The molecule has 1 atom stereocenters. The van der Waals surface area contributed by atoms with Crippen molar-refractivity contribution in [2.45, 2.75) is 85.2 Å². The lowest BCUT2D eigenvalue weighted by atomic mass is 10.0. The summed E-state index contributed by atoms with van der Waals surface area (Å²) in [4.78, 5) is 15.7. The quantitative estimate of drug-likeness (QED) is 0.168. The second kappa shape index (κ2) is 16.8. The molecule has 52 heavy (non-hydrogen) atoms. The molecule has 3 aromatic carbocycles. The lowest BCUT2D eigenvalue weighted by Gasteiger charge is -2.22. The summed E-state index contributed by atoms with van der Waals surface area (Å²) in [5.41, 5.74) is 6.26. The Morgan fingerprint density at radius 3 is 1.88 bits per heavy atom. The van der Waals surface area contributed by atoms with Crippen molar-refractivity contribution in [3.8, 4) is 55.0 Å². The molecule has 0 radical (unpaired) electrons. The molecule has 1 amide bonds. The van der Waals surface area contributed by atoms with Gasteiger partial charge < -0.3 is 19.5 Å². The van der Waals surface area contributed by atoms with E-state index in [2.05, 4.69) is 63.7 Å². The summed E-state index contributed by atoms with van der Waals surface area (Å²) in [6.07, 6.45) is 1.46. The molecule has 7 nitrogen and oxygen atoms in total. The van der Waals surface area contributed by atoms with E-state index < -0.39 is 5.60 Å². The third-order valence-electron chi connectivity index (χ3n) is 7.90. The first kappa shape index (κ1) is 38.6. The third-order valence-corrected chi connectivity index (χ3v) is 10.7. The van der Waals surface area contributed by atoms with Crippen LogP contribution in [0.25, 0.3) is 31.3 Å². The van der Waals surface area contributed by atoms with Gasteiger partial charge in [0.15, 0.2) is 0 Å². The lowest BCUT2D eigenvalue weighted by Crippen LogP contribution is -2.34. The van der Waals surface area contributed by atoms with Crippen molar-refractivity contribution >= 4 is 44.7 Å². The Morgan fingerprint density at radius 2 is 1.37 bits per heavy atom. The van der Waals surface area contributed by atoms with Gasteiger partial charge in [-0.05, 0) is 166 Å². The van der Waals surface area contributed by atoms with Crippen LogP contribution in [-0.2, 0) is 11.2 Å². The minimum atomic E-state index is -0.523. The Kier molecular flexibility index (Phi) is 12.5. The van der Waals surface area contributed by atoms with E-state index in [9.17, 15) is 15.3 Å². The normalized spacial score (nSPS) is 13.4. The molecule has 1 aliphatic rings. The van der Waals surface area contributed by atoms with Crippen LogP contribution in [0.3, 0.4) is 0 Å². The molecule has 0 aliphatic heterocycles. The summed E-state index contributed by atoms with van der Waals surface area (Å²) < 4.78 is 17.9. The molecular formula is C42H42BrN3O4S2. The molecule has 2 aromatic heterocycles. The summed E-state index contributed by atoms with van der Waals surface area (Å²) in [5.74, 6) is 1.26. The van der Waals surface area contributed by atoms with Crippen LogP contribution in [0, 0.1) is 22.7 Å². The fraction of sp³-hybridized carbons (Fsp3) is 0.310. The maximum absolute atomic E-state index is 12.3. The second-order valence-corrected chi connectivity index (χ2v) is 17.4. The molecule has 2 heterocycles. The van der Waals surface area contributed by atoms with E-state index in [1.165, 1.54) is 16.0 Å². The van der Waals surface area contributed by atoms with Crippen molar-refractivity contribution < 1.29 is 19.0 Å². The van der Waals surface area contributed by atoms with Crippen molar-refractivity contribution in [3.63, 3.8) is 0 Å². The number of hydrogen-bond acceptors (Lipinski definition) is 8. The molecule has 0 fully saturated rings. The van der Waals surface area contributed by atoms with Crippen molar-refractivity contribution in [2.75, 3.05) is 0 Å². The van der Waals surface area contributed by atoms with E-state index in [1.54, 1.807) is 22.7 Å². The first-order chi connectivity index (χ1) is 24.7. The Balaban J connectivity index is 0.000000244. The standard InChI is InChI=1S/C28H30N2O3S.C14H12BrNOS/c1-17(2)32-24-12-9-18(15-19(24)16-29)25-13-14-26(34-25)22-8-6-7-21-20(22)10-11-23(21)30-27(31)33-28(3,4)5;1-9(2)17-12-4-3-10(7-11(12)8-16)13-5-6-14(15)18-13/h6-9,12-15,17,23H,10-11H2,1-5H3,(H,30,31);3-7,9H,1-2H3/t23-;/m1./s1. The van der Waals surface area contributed by atoms with Crippen molar-refractivity contribution in [2.24, 2.45) is 0 Å². The summed E-state index contributed by atoms with van der Waals surface area (Å²) in [7, 11) is 0. The largest absolute Gasteiger partial charge is 0.490 e. The topological polar surface area (TPSA) is 104 Å². The molecular weight excluding hydrogens is 755 g/mol. The van der Waals surface area contributed by atoms with Crippen molar-refractivity contribution in [1.82, 2.24) is 5.32 Å². The monoisotopic (exact) mass is 795 g/mol. The van der Waals surface area contributed by atoms with Crippen LogP contribution in [0.2, 0.25) is 0 Å².